The first-order valence-electron chi connectivity index (χ1n) is 5.90. The maximum atomic E-state index is 10.5. The van der Waals surface area contributed by atoms with Gasteiger partial charge >= 0.3 is 0 Å². The van der Waals surface area contributed by atoms with Gasteiger partial charge in [0.1, 0.15) is 5.78 Å². The molecule has 0 bridgehead atoms. The van der Waals surface area contributed by atoms with Gasteiger partial charge in [-0.2, -0.15) is 0 Å². The minimum atomic E-state index is 0.464. The van der Waals surface area contributed by atoms with Gasteiger partial charge in [-0.1, -0.05) is 24.9 Å². The number of rotatable bonds is 3. The Kier molecular flexibility index (Phi) is 9.13. The molecule has 0 saturated heterocycles. The number of carbonyl (C=O) groups excluding carboxylic acids is 1. The van der Waals surface area contributed by atoms with Crippen molar-refractivity contribution in [1.82, 2.24) is 0 Å². The average molecular weight is 213 g/mol. The highest BCUT2D eigenvalue weighted by atomic mass is 16.4. The summed E-state index contributed by atoms with van der Waals surface area (Å²) in [5, 5.41) is 11.2. The number of nitrogens with zero attached hydrogens (tertiary/aromatic N) is 1. The highest BCUT2D eigenvalue weighted by molar-refractivity contribution is 5.81. The molecule has 0 radical (unpaired) electrons. The van der Waals surface area contributed by atoms with Crippen LogP contribution in [0, 0.1) is 0 Å². The molecule has 0 unspecified atom stereocenters. The van der Waals surface area contributed by atoms with Crippen LogP contribution >= 0.6 is 0 Å². The van der Waals surface area contributed by atoms with Crippen LogP contribution in [0.5, 0.6) is 0 Å². The second-order valence-corrected chi connectivity index (χ2v) is 4.04. The normalized spacial score (nSPS) is 16.9. The van der Waals surface area contributed by atoms with Gasteiger partial charge in [-0.25, -0.2) is 0 Å². The summed E-state index contributed by atoms with van der Waals surface area (Å²) in [5.41, 5.74) is 0.826. The SMILES string of the molecule is CCCCC(C)=NO.O=C1CCCCC1. The summed E-state index contributed by atoms with van der Waals surface area (Å²) in [6.07, 6.45) is 8.44. The van der Waals surface area contributed by atoms with Crippen molar-refractivity contribution in [2.24, 2.45) is 5.16 Å². The third kappa shape index (κ3) is 9.44. The second kappa shape index (κ2) is 9.69. The fraction of sp³-hybridized carbons (Fsp3) is 0.833. The molecule has 0 spiro atoms. The Hall–Kier alpha value is -0.860. The van der Waals surface area contributed by atoms with Crippen molar-refractivity contribution < 1.29 is 10.0 Å². The van der Waals surface area contributed by atoms with E-state index in [1.54, 1.807) is 0 Å². The molecule has 1 N–H and O–H groups in total. The largest absolute Gasteiger partial charge is 0.411 e. The molecule has 0 aromatic rings. The number of hydrogen-bond donors (Lipinski definition) is 1. The fourth-order valence-corrected chi connectivity index (χ4v) is 1.43. The molecule has 0 aliphatic heterocycles. The van der Waals surface area contributed by atoms with Crippen LogP contribution < -0.4 is 0 Å². The van der Waals surface area contributed by atoms with E-state index in [9.17, 15) is 4.79 Å². The Morgan fingerprint density at radius 3 is 2.27 bits per heavy atom. The van der Waals surface area contributed by atoms with Crippen molar-refractivity contribution in [3.63, 3.8) is 0 Å². The molecule has 1 rings (SSSR count). The third-order valence-electron chi connectivity index (χ3n) is 2.47. The number of ketones is 1. The van der Waals surface area contributed by atoms with E-state index in [0.29, 0.717) is 5.78 Å². The molecule has 0 aromatic heterocycles. The number of Topliss-reactive ketones (excluding diaryl/α,β-unsaturated/α-hetero) is 1. The van der Waals surface area contributed by atoms with Crippen LogP contribution in [0.15, 0.2) is 5.16 Å². The van der Waals surface area contributed by atoms with Gasteiger partial charge in [0.15, 0.2) is 0 Å². The molecule has 1 aliphatic rings. The van der Waals surface area contributed by atoms with Crippen molar-refractivity contribution in [3.8, 4) is 0 Å². The summed E-state index contributed by atoms with van der Waals surface area (Å²) in [6.45, 7) is 3.94. The van der Waals surface area contributed by atoms with Gasteiger partial charge in [0, 0.05) is 12.8 Å². The standard InChI is InChI=1S/C6H13NO.C6H10O/c1-3-4-5-6(2)7-8;7-6-4-2-1-3-5-6/h8H,3-5H2,1-2H3;1-5H2. The maximum Gasteiger partial charge on any atom is 0.132 e. The Bertz CT molecular complexity index is 192. The Morgan fingerprint density at radius 2 is 1.93 bits per heavy atom. The lowest BCUT2D eigenvalue weighted by atomic mass is 10.00. The van der Waals surface area contributed by atoms with Crippen molar-refractivity contribution >= 4 is 11.5 Å². The van der Waals surface area contributed by atoms with Gasteiger partial charge in [-0.3, -0.25) is 4.79 Å². The minimum Gasteiger partial charge on any atom is -0.411 e. The molecule has 1 saturated carbocycles. The quantitative estimate of drug-likeness (QED) is 0.443. The highest BCUT2D eigenvalue weighted by Gasteiger charge is 2.05. The Morgan fingerprint density at radius 1 is 1.33 bits per heavy atom. The van der Waals surface area contributed by atoms with Gasteiger partial charge in [0.2, 0.25) is 0 Å². The Balaban J connectivity index is 0.000000262. The van der Waals surface area contributed by atoms with Crippen molar-refractivity contribution in [2.75, 3.05) is 0 Å². The minimum absolute atomic E-state index is 0.464. The van der Waals surface area contributed by atoms with Gasteiger partial charge < -0.3 is 5.21 Å². The summed E-state index contributed by atoms with van der Waals surface area (Å²) in [5.74, 6) is 0.464. The van der Waals surface area contributed by atoms with E-state index in [1.807, 2.05) is 6.92 Å². The molecule has 3 nitrogen and oxygen atoms in total. The molecule has 0 heterocycles. The van der Waals surface area contributed by atoms with E-state index in [0.717, 1.165) is 50.7 Å². The average Bonchev–Trinajstić information content (AvgIpc) is 2.28. The fourth-order valence-electron chi connectivity index (χ4n) is 1.43. The topological polar surface area (TPSA) is 49.7 Å². The van der Waals surface area contributed by atoms with Gasteiger partial charge in [-0.15, -0.1) is 0 Å². The number of carbonyl (C=O) groups is 1. The third-order valence-corrected chi connectivity index (χ3v) is 2.47. The van der Waals surface area contributed by atoms with Crippen LogP contribution in [0.4, 0.5) is 0 Å². The van der Waals surface area contributed by atoms with E-state index in [1.165, 1.54) is 6.42 Å². The molecule has 3 heteroatoms. The summed E-state index contributed by atoms with van der Waals surface area (Å²) >= 11 is 0. The monoisotopic (exact) mass is 213 g/mol. The van der Waals surface area contributed by atoms with Crippen LogP contribution in [0.2, 0.25) is 0 Å². The number of hydrogen-bond acceptors (Lipinski definition) is 3. The van der Waals surface area contributed by atoms with Gasteiger partial charge in [0.25, 0.3) is 0 Å². The van der Waals surface area contributed by atoms with Gasteiger partial charge in [-0.05, 0) is 32.6 Å². The van der Waals surface area contributed by atoms with Crippen molar-refractivity contribution in [1.29, 1.82) is 0 Å². The molecule has 1 aliphatic carbocycles. The zero-order valence-corrected chi connectivity index (χ0v) is 9.96. The lowest BCUT2D eigenvalue weighted by Gasteiger charge is -2.05. The summed E-state index contributed by atoms with van der Waals surface area (Å²) in [4.78, 5) is 10.5. The predicted molar refractivity (Wildman–Crippen MR) is 62.5 cm³/mol. The van der Waals surface area contributed by atoms with Crippen LogP contribution in [-0.4, -0.2) is 16.7 Å². The molecular formula is C12H23NO2. The molecule has 0 aromatic carbocycles. The van der Waals surface area contributed by atoms with Crippen LogP contribution in [0.1, 0.15) is 65.2 Å². The molecule has 15 heavy (non-hydrogen) atoms. The lowest BCUT2D eigenvalue weighted by Crippen LogP contribution is -2.02. The Labute approximate surface area is 92.6 Å². The number of unbranched alkanes of at least 4 members (excludes halogenated alkanes) is 1. The zero-order valence-electron chi connectivity index (χ0n) is 9.96. The van der Waals surface area contributed by atoms with Gasteiger partial charge in [0.05, 0.1) is 5.71 Å². The van der Waals surface area contributed by atoms with E-state index < -0.39 is 0 Å². The first kappa shape index (κ1) is 14.1. The summed E-state index contributed by atoms with van der Waals surface area (Å²) in [7, 11) is 0. The van der Waals surface area contributed by atoms with E-state index >= 15 is 0 Å². The lowest BCUT2D eigenvalue weighted by molar-refractivity contribution is -0.120. The zero-order chi connectivity index (χ0) is 11.5. The number of oxime groups is 1. The van der Waals surface area contributed by atoms with E-state index in [2.05, 4.69) is 12.1 Å². The van der Waals surface area contributed by atoms with Crippen LogP contribution in [0.25, 0.3) is 0 Å². The molecule has 1 fully saturated rings. The predicted octanol–water partition coefficient (Wildman–Crippen LogP) is 3.55. The van der Waals surface area contributed by atoms with Crippen molar-refractivity contribution in [3.05, 3.63) is 0 Å². The van der Waals surface area contributed by atoms with Crippen LogP contribution in [-0.2, 0) is 4.79 Å². The molecule has 0 atom stereocenters. The maximum absolute atomic E-state index is 10.5. The molecular weight excluding hydrogens is 190 g/mol. The molecule has 88 valence electrons. The smallest absolute Gasteiger partial charge is 0.132 e. The second-order valence-electron chi connectivity index (χ2n) is 4.04. The molecule has 0 amide bonds. The van der Waals surface area contributed by atoms with E-state index in [4.69, 9.17) is 5.21 Å². The van der Waals surface area contributed by atoms with Crippen molar-refractivity contribution in [2.45, 2.75) is 65.2 Å². The first-order chi connectivity index (χ1) is 7.20. The first-order valence-corrected chi connectivity index (χ1v) is 5.90. The van der Waals surface area contributed by atoms with Crippen LogP contribution in [0.3, 0.4) is 0 Å². The summed E-state index contributed by atoms with van der Waals surface area (Å²) < 4.78 is 0. The summed E-state index contributed by atoms with van der Waals surface area (Å²) in [6, 6.07) is 0. The highest BCUT2D eigenvalue weighted by Crippen LogP contribution is 2.12. The van der Waals surface area contributed by atoms with E-state index in [-0.39, 0.29) is 0 Å².